The lowest BCUT2D eigenvalue weighted by molar-refractivity contribution is -0.121. The number of hydrogen-bond donors (Lipinski definition) is 6. The molecule has 1 aromatic carbocycles. The van der Waals surface area contributed by atoms with Crippen LogP contribution in [-0.4, -0.2) is 55.5 Å². The van der Waals surface area contributed by atoms with Gasteiger partial charge in [0.25, 0.3) is 0 Å². The molecule has 186 valence electrons. The molecule has 0 aliphatic heterocycles. The summed E-state index contributed by atoms with van der Waals surface area (Å²) in [5.41, 5.74) is 2.22. The van der Waals surface area contributed by atoms with Crippen LogP contribution >= 0.6 is 0 Å². The Balaban J connectivity index is 1.52. The summed E-state index contributed by atoms with van der Waals surface area (Å²) in [5.74, 6) is -0.0967. The molecular formula is C26H37N3O5. The van der Waals surface area contributed by atoms with Gasteiger partial charge in [0.05, 0.1) is 24.8 Å². The van der Waals surface area contributed by atoms with Gasteiger partial charge in [-0.05, 0) is 69.2 Å². The van der Waals surface area contributed by atoms with Crippen molar-refractivity contribution in [2.75, 3.05) is 6.54 Å². The summed E-state index contributed by atoms with van der Waals surface area (Å²) in [6.45, 7) is 3.94. The second-order valence-electron chi connectivity index (χ2n) is 9.89. The number of benzene rings is 1. The van der Waals surface area contributed by atoms with Gasteiger partial charge in [0.2, 0.25) is 5.91 Å². The van der Waals surface area contributed by atoms with Crippen LogP contribution in [0, 0.1) is 0 Å². The fraction of sp³-hybridized carbons (Fsp3) is 0.538. The molecule has 3 rings (SSSR count). The predicted octanol–water partition coefficient (Wildman–Crippen LogP) is 1.89. The number of carbonyl (C=O) groups excluding carboxylic acids is 1. The minimum absolute atomic E-state index is 0.00249. The van der Waals surface area contributed by atoms with Crippen LogP contribution in [0.25, 0.3) is 0 Å². The van der Waals surface area contributed by atoms with Crippen LogP contribution in [0.2, 0.25) is 0 Å². The number of aromatic hydroxyl groups is 1. The Morgan fingerprint density at radius 3 is 2.56 bits per heavy atom. The monoisotopic (exact) mass is 471 g/mol. The van der Waals surface area contributed by atoms with E-state index in [9.17, 15) is 25.2 Å². The number of aliphatic hydroxyl groups is 3. The predicted molar refractivity (Wildman–Crippen MR) is 129 cm³/mol. The summed E-state index contributed by atoms with van der Waals surface area (Å²) in [6, 6.07) is 11.1. The zero-order valence-electron chi connectivity index (χ0n) is 20.0. The maximum absolute atomic E-state index is 12.5. The van der Waals surface area contributed by atoms with E-state index in [0.717, 1.165) is 36.8 Å². The Morgan fingerprint density at radius 2 is 1.85 bits per heavy atom. The van der Waals surface area contributed by atoms with E-state index in [1.165, 1.54) is 12.1 Å². The van der Waals surface area contributed by atoms with Crippen molar-refractivity contribution in [3.8, 4) is 5.75 Å². The number of carbonyl (C=O) groups is 1. The number of β-amino-alcohol motifs (C(OH)–C–C–N with tert-alkyl or cyclic N) is 1. The molecule has 1 atom stereocenters. The molecule has 1 amide bonds. The third kappa shape index (κ3) is 7.77. The van der Waals surface area contributed by atoms with E-state index < -0.39 is 12.7 Å². The second-order valence-corrected chi connectivity index (χ2v) is 9.89. The zero-order valence-corrected chi connectivity index (χ0v) is 20.0. The second kappa shape index (κ2) is 11.8. The van der Waals surface area contributed by atoms with Gasteiger partial charge in [0, 0.05) is 18.1 Å². The topological polar surface area (TPSA) is 135 Å². The van der Waals surface area contributed by atoms with Gasteiger partial charge in [-0.3, -0.25) is 4.79 Å². The number of hydrogen-bond acceptors (Lipinski definition) is 7. The van der Waals surface area contributed by atoms with E-state index in [-0.39, 0.29) is 41.6 Å². The normalized spacial score (nSPS) is 19.6. The lowest BCUT2D eigenvalue weighted by Crippen LogP contribution is -2.43. The molecule has 0 saturated heterocycles. The number of nitrogens with one attached hydrogen (secondary N) is 2. The highest BCUT2D eigenvalue weighted by Gasteiger charge is 2.22. The summed E-state index contributed by atoms with van der Waals surface area (Å²) in [4.78, 5) is 16.6. The third-order valence-electron chi connectivity index (χ3n) is 6.30. The standard InChI is InChI=1S/C26H37N3O5/c1-26(2,27-15-24(33)21-10-11-23(32)22(16-30)29-21)14-18-5-3-4-17(12-18)13-25(34)28-19-6-8-20(31)9-7-19/h3-5,10-12,19-20,24,27,30-33H,6-9,13-16H2,1-2H3,(H,28,34). The third-order valence-corrected chi connectivity index (χ3v) is 6.30. The summed E-state index contributed by atoms with van der Waals surface area (Å²) < 4.78 is 0. The Labute approximate surface area is 201 Å². The SMILES string of the molecule is CC(C)(Cc1cccc(CC(=O)NC2CCC(O)CC2)c1)NCC(O)c1ccc(O)c(CO)n1. The maximum Gasteiger partial charge on any atom is 0.224 e. The first kappa shape index (κ1) is 26.1. The minimum Gasteiger partial charge on any atom is -0.506 e. The molecule has 0 bridgehead atoms. The Morgan fingerprint density at radius 1 is 1.15 bits per heavy atom. The highest BCUT2D eigenvalue weighted by Crippen LogP contribution is 2.21. The smallest absolute Gasteiger partial charge is 0.224 e. The molecule has 1 heterocycles. The van der Waals surface area contributed by atoms with E-state index in [4.69, 9.17) is 0 Å². The minimum atomic E-state index is -0.888. The Kier molecular flexibility index (Phi) is 9.02. The molecule has 0 spiro atoms. The Bertz CT molecular complexity index is 957. The van der Waals surface area contributed by atoms with E-state index >= 15 is 0 Å². The molecule has 34 heavy (non-hydrogen) atoms. The Hall–Kier alpha value is -2.52. The average Bonchev–Trinajstić information content (AvgIpc) is 2.79. The van der Waals surface area contributed by atoms with Gasteiger partial charge >= 0.3 is 0 Å². The van der Waals surface area contributed by atoms with Gasteiger partial charge in [-0.1, -0.05) is 24.3 Å². The number of aliphatic hydroxyl groups excluding tert-OH is 3. The van der Waals surface area contributed by atoms with Crippen molar-refractivity contribution in [1.29, 1.82) is 0 Å². The molecule has 1 aliphatic carbocycles. The van der Waals surface area contributed by atoms with Crippen LogP contribution in [0.3, 0.4) is 0 Å². The number of aromatic nitrogens is 1. The van der Waals surface area contributed by atoms with Gasteiger partial charge in [-0.15, -0.1) is 0 Å². The molecule has 1 aliphatic rings. The highest BCUT2D eigenvalue weighted by molar-refractivity contribution is 5.78. The van der Waals surface area contributed by atoms with Gasteiger partial charge in [-0.2, -0.15) is 0 Å². The van der Waals surface area contributed by atoms with E-state index in [1.54, 1.807) is 0 Å². The first-order valence-electron chi connectivity index (χ1n) is 11.9. The molecule has 0 radical (unpaired) electrons. The van der Waals surface area contributed by atoms with Gasteiger partial charge in [0.1, 0.15) is 17.5 Å². The first-order valence-corrected chi connectivity index (χ1v) is 11.9. The molecular weight excluding hydrogens is 434 g/mol. The molecule has 1 saturated carbocycles. The van der Waals surface area contributed by atoms with Crippen LogP contribution in [0.5, 0.6) is 5.75 Å². The van der Waals surface area contributed by atoms with Crippen molar-refractivity contribution >= 4 is 5.91 Å². The summed E-state index contributed by atoms with van der Waals surface area (Å²) in [6.07, 6.45) is 3.00. The molecule has 1 fully saturated rings. The van der Waals surface area contributed by atoms with Crippen LogP contribution in [0.15, 0.2) is 36.4 Å². The molecule has 6 N–H and O–H groups in total. The van der Waals surface area contributed by atoms with Gasteiger partial charge in [-0.25, -0.2) is 4.98 Å². The summed E-state index contributed by atoms with van der Waals surface area (Å²) in [7, 11) is 0. The fourth-order valence-electron chi connectivity index (χ4n) is 4.40. The van der Waals surface area contributed by atoms with Crippen LogP contribution in [0.1, 0.15) is 68.1 Å². The number of amides is 1. The van der Waals surface area contributed by atoms with Gasteiger partial charge < -0.3 is 31.1 Å². The number of pyridine rings is 1. The number of nitrogens with zero attached hydrogens (tertiary/aromatic N) is 1. The van der Waals surface area contributed by atoms with Crippen LogP contribution in [0.4, 0.5) is 0 Å². The average molecular weight is 472 g/mol. The first-order chi connectivity index (χ1) is 16.1. The van der Waals surface area contributed by atoms with Crippen molar-refractivity contribution in [1.82, 2.24) is 15.6 Å². The van der Waals surface area contributed by atoms with Crippen molar-refractivity contribution in [3.63, 3.8) is 0 Å². The van der Waals surface area contributed by atoms with Crippen molar-refractivity contribution in [2.24, 2.45) is 0 Å². The summed E-state index contributed by atoms with van der Waals surface area (Å²) >= 11 is 0. The van der Waals surface area contributed by atoms with Crippen LogP contribution < -0.4 is 10.6 Å². The van der Waals surface area contributed by atoms with Gasteiger partial charge in [0.15, 0.2) is 0 Å². The largest absolute Gasteiger partial charge is 0.506 e. The van der Waals surface area contributed by atoms with Crippen LogP contribution in [-0.2, 0) is 24.2 Å². The quantitative estimate of drug-likeness (QED) is 0.311. The molecule has 8 nitrogen and oxygen atoms in total. The lowest BCUT2D eigenvalue weighted by Gasteiger charge is -2.28. The highest BCUT2D eigenvalue weighted by atomic mass is 16.3. The zero-order chi connectivity index (χ0) is 24.7. The van der Waals surface area contributed by atoms with E-state index in [1.807, 2.05) is 38.1 Å². The molecule has 1 unspecified atom stereocenters. The molecule has 2 aromatic rings. The van der Waals surface area contributed by atoms with E-state index in [2.05, 4.69) is 15.6 Å². The fourth-order valence-corrected chi connectivity index (χ4v) is 4.40. The van der Waals surface area contributed by atoms with Crippen molar-refractivity contribution < 1.29 is 25.2 Å². The van der Waals surface area contributed by atoms with E-state index in [0.29, 0.717) is 18.5 Å². The molecule has 8 heteroatoms. The van der Waals surface area contributed by atoms with Crippen molar-refractivity contribution in [2.45, 2.75) is 82.8 Å². The van der Waals surface area contributed by atoms with Crippen molar-refractivity contribution in [3.05, 3.63) is 58.9 Å². The lowest BCUT2D eigenvalue weighted by atomic mass is 9.92. The maximum atomic E-state index is 12.5. The summed E-state index contributed by atoms with van der Waals surface area (Å²) in [5, 5.41) is 45.5. The number of rotatable bonds is 10. The molecule has 1 aromatic heterocycles.